The summed E-state index contributed by atoms with van der Waals surface area (Å²) >= 11 is 0. The van der Waals surface area contributed by atoms with Crippen LogP contribution in [0.5, 0.6) is 0 Å². The zero-order chi connectivity index (χ0) is 8.53. The first-order valence-electron chi connectivity index (χ1n) is 4.34. The van der Waals surface area contributed by atoms with Gasteiger partial charge in [-0.1, -0.05) is 13.3 Å². The van der Waals surface area contributed by atoms with Gasteiger partial charge in [-0.25, -0.2) is 0 Å². The van der Waals surface area contributed by atoms with Crippen molar-refractivity contribution in [2.45, 2.75) is 38.9 Å². The Bertz CT molecular complexity index is 76.5. The van der Waals surface area contributed by atoms with Gasteiger partial charge in [-0.15, -0.1) is 8.58 Å². The smallest absolute Gasteiger partial charge is 0.151 e. The molecular weight excluding hydrogens is 159 g/mol. The zero-order valence-electron chi connectivity index (χ0n) is 7.21. The fourth-order valence-electron chi connectivity index (χ4n) is 0.836. The minimum atomic E-state index is -1.09. The normalized spacial score (nSPS) is 12.0. The molecule has 0 bridgehead atoms. The highest BCUT2D eigenvalue weighted by Crippen LogP contribution is 2.14. The van der Waals surface area contributed by atoms with Crippen molar-refractivity contribution in [3.05, 3.63) is 0 Å². The lowest BCUT2D eigenvalue weighted by Crippen LogP contribution is -2.03. The molecule has 0 aliphatic carbocycles. The van der Waals surface area contributed by atoms with Gasteiger partial charge in [0.2, 0.25) is 0 Å². The number of rotatable bonds is 7. The van der Waals surface area contributed by atoms with E-state index in [1.807, 2.05) is 0 Å². The van der Waals surface area contributed by atoms with Crippen LogP contribution in [-0.4, -0.2) is 28.8 Å². The third-order valence-electron chi connectivity index (χ3n) is 1.52. The van der Waals surface area contributed by atoms with E-state index in [2.05, 4.69) is 6.92 Å². The molecule has 11 heavy (non-hydrogen) atoms. The van der Waals surface area contributed by atoms with Crippen molar-refractivity contribution < 1.29 is 10.2 Å². The van der Waals surface area contributed by atoms with Crippen LogP contribution in [-0.2, 0) is 0 Å². The summed E-state index contributed by atoms with van der Waals surface area (Å²) < 4.78 is 0. The molecule has 1 atom stereocenters. The Morgan fingerprint density at radius 3 is 2.36 bits per heavy atom. The van der Waals surface area contributed by atoms with Crippen molar-refractivity contribution in [2.24, 2.45) is 0 Å². The SMILES string of the molecule is CCCCPCCCC(O)O. The van der Waals surface area contributed by atoms with Crippen LogP contribution in [0.4, 0.5) is 0 Å². The molecule has 0 fully saturated rings. The summed E-state index contributed by atoms with van der Waals surface area (Å²) in [5.41, 5.74) is 0. The quantitative estimate of drug-likeness (QED) is 0.353. The van der Waals surface area contributed by atoms with E-state index >= 15 is 0 Å². The molecule has 2 N–H and O–H groups in total. The molecule has 0 aromatic heterocycles. The van der Waals surface area contributed by atoms with Gasteiger partial charge in [0.1, 0.15) is 0 Å². The minimum absolute atomic E-state index is 0.541. The largest absolute Gasteiger partial charge is 0.368 e. The Morgan fingerprint density at radius 1 is 1.18 bits per heavy atom. The molecule has 0 spiro atoms. The molecule has 2 nitrogen and oxygen atoms in total. The van der Waals surface area contributed by atoms with Crippen LogP contribution in [0.25, 0.3) is 0 Å². The van der Waals surface area contributed by atoms with E-state index in [1.54, 1.807) is 0 Å². The van der Waals surface area contributed by atoms with Crippen molar-refractivity contribution in [1.29, 1.82) is 0 Å². The van der Waals surface area contributed by atoms with Crippen LogP contribution in [0.1, 0.15) is 32.6 Å². The van der Waals surface area contributed by atoms with Gasteiger partial charge in [0.15, 0.2) is 6.29 Å². The van der Waals surface area contributed by atoms with Crippen molar-refractivity contribution in [1.82, 2.24) is 0 Å². The molecule has 68 valence electrons. The van der Waals surface area contributed by atoms with E-state index in [9.17, 15) is 0 Å². The second kappa shape index (κ2) is 8.45. The molecule has 0 amide bonds. The number of unbranched alkanes of at least 4 members (excludes halogenated alkanes) is 1. The summed E-state index contributed by atoms with van der Waals surface area (Å²) in [4.78, 5) is 0. The first kappa shape index (κ1) is 11.4. The first-order chi connectivity index (χ1) is 5.27. The van der Waals surface area contributed by atoms with Crippen molar-refractivity contribution in [3.8, 4) is 0 Å². The maximum absolute atomic E-state index is 8.51. The van der Waals surface area contributed by atoms with Crippen LogP contribution < -0.4 is 0 Å². The third kappa shape index (κ3) is 10.4. The summed E-state index contributed by atoms with van der Waals surface area (Å²) in [7, 11) is 1.02. The van der Waals surface area contributed by atoms with Crippen LogP contribution >= 0.6 is 8.58 Å². The molecule has 0 aliphatic rings. The lowest BCUT2D eigenvalue weighted by molar-refractivity contribution is -0.0452. The molecule has 3 heteroatoms. The average Bonchev–Trinajstić information content (AvgIpc) is 1.96. The van der Waals surface area contributed by atoms with E-state index in [0.29, 0.717) is 6.42 Å². The van der Waals surface area contributed by atoms with Gasteiger partial charge in [0.05, 0.1) is 0 Å². The van der Waals surface area contributed by atoms with Gasteiger partial charge in [-0.05, 0) is 31.6 Å². The van der Waals surface area contributed by atoms with Gasteiger partial charge in [-0.3, -0.25) is 0 Å². The lowest BCUT2D eigenvalue weighted by atomic mass is 10.3. The van der Waals surface area contributed by atoms with Crippen LogP contribution in [0.2, 0.25) is 0 Å². The maximum Gasteiger partial charge on any atom is 0.151 e. The molecule has 0 heterocycles. The highest BCUT2D eigenvalue weighted by molar-refractivity contribution is 7.37. The van der Waals surface area contributed by atoms with E-state index in [4.69, 9.17) is 10.2 Å². The van der Waals surface area contributed by atoms with Crippen molar-refractivity contribution in [3.63, 3.8) is 0 Å². The molecule has 0 rings (SSSR count). The fraction of sp³-hybridized carbons (Fsp3) is 1.00. The molecule has 0 saturated carbocycles. The summed E-state index contributed by atoms with van der Waals surface area (Å²) in [6.07, 6.45) is 5.48. The average molecular weight is 178 g/mol. The van der Waals surface area contributed by atoms with Crippen molar-refractivity contribution in [2.75, 3.05) is 12.3 Å². The Morgan fingerprint density at radius 2 is 1.82 bits per heavy atom. The summed E-state index contributed by atoms with van der Waals surface area (Å²) in [6.45, 7) is 2.20. The van der Waals surface area contributed by atoms with E-state index in [0.717, 1.165) is 21.2 Å². The Hall–Kier alpha value is 0.350. The van der Waals surface area contributed by atoms with Gasteiger partial charge in [-0.2, -0.15) is 0 Å². The second-order valence-corrected chi connectivity index (χ2v) is 4.23. The van der Waals surface area contributed by atoms with Gasteiger partial charge in [0, 0.05) is 0 Å². The Balaban J connectivity index is 2.80. The third-order valence-corrected chi connectivity index (χ3v) is 2.94. The monoisotopic (exact) mass is 178 g/mol. The highest BCUT2D eigenvalue weighted by atomic mass is 31.1. The van der Waals surface area contributed by atoms with Gasteiger partial charge >= 0.3 is 0 Å². The topological polar surface area (TPSA) is 40.5 Å². The van der Waals surface area contributed by atoms with Gasteiger partial charge < -0.3 is 10.2 Å². The Labute approximate surface area is 70.8 Å². The predicted octanol–water partition coefficient (Wildman–Crippen LogP) is 1.56. The molecule has 0 aromatic carbocycles. The van der Waals surface area contributed by atoms with E-state index in [-0.39, 0.29) is 0 Å². The van der Waals surface area contributed by atoms with E-state index < -0.39 is 6.29 Å². The summed E-state index contributed by atoms with van der Waals surface area (Å²) in [6, 6.07) is 0. The van der Waals surface area contributed by atoms with Crippen LogP contribution in [0.3, 0.4) is 0 Å². The number of hydrogen-bond donors (Lipinski definition) is 2. The molecule has 0 aromatic rings. The standard InChI is InChI=1S/C8H19O2P/c1-2-3-6-11-7-4-5-8(9)10/h8-11H,2-7H2,1H3. The molecule has 0 radical (unpaired) electrons. The summed E-state index contributed by atoms with van der Waals surface area (Å²) in [5, 5.41) is 17.0. The van der Waals surface area contributed by atoms with Crippen LogP contribution in [0.15, 0.2) is 0 Å². The molecule has 0 saturated heterocycles. The first-order valence-corrected chi connectivity index (χ1v) is 5.75. The Kier molecular flexibility index (Phi) is 8.72. The predicted molar refractivity (Wildman–Crippen MR) is 50.4 cm³/mol. The summed E-state index contributed by atoms with van der Waals surface area (Å²) in [5.74, 6) is 0. The minimum Gasteiger partial charge on any atom is -0.368 e. The maximum atomic E-state index is 8.51. The number of aliphatic hydroxyl groups is 2. The number of hydrogen-bond acceptors (Lipinski definition) is 2. The van der Waals surface area contributed by atoms with Crippen molar-refractivity contribution >= 4 is 8.58 Å². The lowest BCUT2D eigenvalue weighted by Gasteiger charge is -2.02. The molecular formula is C8H19O2P. The fourth-order valence-corrected chi connectivity index (χ4v) is 2.14. The highest BCUT2D eigenvalue weighted by Gasteiger charge is 1.95. The van der Waals surface area contributed by atoms with E-state index in [1.165, 1.54) is 19.0 Å². The van der Waals surface area contributed by atoms with Gasteiger partial charge in [0.25, 0.3) is 0 Å². The van der Waals surface area contributed by atoms with Crippen LogP contribution in [0, 0.1) is 0 Å². The molecule has 0 aliphatic heterocycles. The number of aliphatic hydroxyl groups excluding tert-OH is 1. The molecule has 1 unspecified atom stereocenters. The zero-order valence-corrected chi connectivity index (χ0v) is 8.21. The second-order valence-electron chi connectivity index (χ2n) is 2.73.